The Kier molecular flexibility index (Phi) is 3.69. The van der Waals surface area contributed by atoms with E-state index in [2.05, 4.69) is 19.9 Å². The van der Waals surface area contributed by atoms with Gasteiger partial charge in [-0.15, -0.1) is 0 Å². The summed E-state index contributed by atoms with van der Waals surface area (Å²) in [7, 11) is 0. The van der Waals surface area contributed by atoms with E-state index in [1.54, 1.807) is 37.3 Å². The zero-order chi connectivity index (χ0) is 15.5. The van der Waals surface area contributed by atoms with Crippen molar-refractivity contribution in [3.8, 4) is 22.5 Å². The standard InChI is InChI=1S/C16H15N5O2/c1-6-23-11-12(1)15-13(14-10-17-2-3-18-14)9-19-16(20-15)21-4-7-22-8-5-21/h1-3,6,9-11H,4-5,7-8H2. The molecule has 0 bridgehead atoms. The zero-order valence-corrected chi connectivity index (χ0v) is 12.4. The van der Waals surface area contributed by atoms with Crippen LogP contribution in [0.25, 0.3) is 22.5 Å². The van der Waals surface area contributed by atoms with Crippen LogP contribution in [0.3, 0.4) is 0 Å². The van der Waals surface area contributed by atoms with E-state index >= 15 is 0 Å². The Hall–Kier alpha value is -2.80. The zero-order valence-electron chi connectivity index (χ0n) is 12.4. The van der Waals surface area contributed by atoms with Gasteiger partial charge in [0.2, 0.25) is 5.95 Å². The van der Waals surface area contributed by atoms with E-state index in [0.29, 0.717) is 19.2 Å². The van der Waals surface area contributed by atoms with Crippen LogP contribution in [0, 0.1) is 0 Å². The fraction of sp³-hybridized carbons (Fsp3) is 0.250. The summed E-state index contributed by atoms with van der Waals surface area (Å²) in [5.41, 5.74) is 3.24. The molecule has 7 heteroatoms. The van der Waals surface area contributed by atoms with Crippen molar-refractivity contribution < 1.29 is 9.15 Å². The molecule has 0 atom stereocenters. The average Bonchev–Trinajstić information content (AvgIpc) is 3.17. The number of hydrogen-bond donors (Lipinski definition) is 0. The number of ether oxygens (including phenoxy) is 1. The summed E-state index contributed by atoms with van der Waals surface area (Å²) < 4.78 is 10.6. The molecule has 0 spiro atoms. The minimum absolute atomic E-state index is 0.691. The molecule has 116 valence electrons. The Morgan fingerprint density at radius 2 is 1.96 bits per heavy atom. The van der Waals surface area contributed by atoms with Gasteiger partial charge in [0, 0.05) is 42.8 Å². The lowest BCUT2D eigenvalue weighted by atomic mass is 10.1. The van der Waals surface area contributed by atoms with Crippen LogP contribution in [0.2, 0.25) is 0 Å². The summed E-state index contributed by atoms with van der Waals surface area (Å²) in [6, 6.07) is 1.88. The molecule has 1 aliphatic rings. The van der Waals surface area contributed by atoms with Crippen LogP contribution in [0.4, 0.5) is 5.95 Å². The normalized spacial score (nSPS) is 14.9. The second-order valence-electron chi connectivity index (χ2n) is 5.13. The van der Waals surface area contributed by atoms with Gasteiger partial charge in [-0.1, -0.05) is 0 Å². The van der Waals surface area contributed by atoms with Crippen molar-refractivity contribution in [2.24, 2.45) is 0 Å². The maximum Gasteiger partial charge on any atom is 0.226 e. The minimum Gasteiger partial charge on any atom is -0.472 e. The summed E-state index contributed by atoms with van der Waals surface area (Å²) in [5.74, 6) is 0.692. The number of furan rings is 1. The molecule has 0 saturated carbocycles. The smallest absolute Gasteiger partial charge is 0.226 e. The highest BCUT2D eigenvalue weighted by atomic mass is 16.5. The number of hydrogen-bond acceptors (Lipinski definition) is 7. The highest BCUT2D eigenvalue weighted by Crippen LogP contribution is 2.30. The average molecular weight is 309 g/mol. The first-order chi connectivity index (χ1) is 11.4. The third-order valence-electron chi connectivity index (χ3n) is 3.70. The molecule has 0 aliphatic carbocycles. The topological polar surface area (TPSA) is 77.2 Å². The first-order valence-corrected chi connectivity index (χ1v) is 7.40. The van der Waals surface area contributed by atoms with E-state index in [9.17, 15) is 0 Å². The van der Waals surface area contributed by atoms with E-state index in [0.717, 1.165) is 35.6 Å². The first kappa shape index (κ1) is 13.8. The van der Waals surface area contributed by atoms with Crippen molar-refractivity contribution in [1.29, 1.82) is 0 Å². The van der Waals surface area contributed by atoms with Gasteiger partial charge in [-0.25, -0.2) is 9.97 Å². The Bertz CT molecular complexity index is 770. The Morgan fingerprint density at radius 1 is 1.04 bits per heavy atom. The third kappa shape index (κ3) is 2.78. The molecule has 23 heavy (non-hydrogen) atoms. The molecule has 0 unspecified atom stereocenters. The van der Waals surface area contributed by atoms with Crippen molar-refractivity contribution in [1.82, 2.24) is 19.9 Å². The highest BCUT2D eigenvalue weighted by Gasteiger charge is 2.18. The second kappa shape index (κ2) is 6.13. The molecule has 0 N–H and O–H groups in total. The van der Waals surface area contributed by atoms with Crippen molar-refractivity contribution in [3.05, 3.63) is 43.4 Å². The van der Waals surface area contributed by atoms with Gasteiger partial charge in [-0.05, 0) is 6.07 Å². The van der Waals surface area contributed by atoms with E-state index in [4.69, 9.17) is 14.1 Å². The van der Waals surface area contributed by atoms with Crippen LogP contribution in [0.15, 0.2) is 47.8 Å². The van der Waals surface area contributed by atoms with E-state index < -0.39 is 0 Å². The summed E-state index contributed by atoms with van der Waals surface area (Å²) in [6.07, 6.45) is 10.1. The van der Waals surface area contributed by atoms with Gasteiger partial charge in [0.1, 0.15) is 0 Å². The second-order valence-corrected chi connectivity index (χ2v) is 5.13. The van der Waals surface area contributed by atoms with Gasteiger partial charge in [-0.3, -0.25) is 9.97 Å². The SMILES string of the molecule is c1cnc(-c2cnc(N3CCOCC3)nc2-c2ccoc2)cn1. The molecule has 3 aromatic heterocycles. The Labute approximate surface area is 133 Å². The van der Waals surface area contributed by atoms with Crippen LogP contribution < -0.4 is 4.90 Å². The molecule has 1 saturated heterocycles. The fourth-order valence-electron chi connectivity index (χ4n) is 2.53. The van der Waals surface area contributed by atoms with Crippen LogP contribution in [0.5, 0.6) is 0 Å². The van der Waals surface area contributed by atoms with Crippen molar-refractivity contribution in [2.75, 3.05) is 31.2 Å². The van der Waals surface area contributed by atoms with Crippen molar-refractivity contribution in [2.45, 2.75) is 0 Å². The summed E-state index contributed by atoms with van der Waals surface area (Å²) in [6.45, 7) is 2.96. The lowest BCUT2D eigenvalue weighted by molar-refractivity contribution is 0.122. The van der Waals surface area contributed by atoms with Crippen LogP contribution in [0.1, 0.15) is 0 Å². The number of aromatic nitrogens is 4. The monoisotopic (exact) mass is 309 g/mol. The Balaban J connectivity index is 1.80. The minimum atomic E-state index is 0.691. The molecule has 0 radical (unpaired) electrons. The van der Waals surface area contributed by atoms with Crippen molar-refractivity contribution >= 4 is 5.95 Å². The van der Waals surface area contributed by atoms with Crippen molar-refractivity contribution in [3.63, 3.8) is 0 Å². The Morgan fingerprint density at radius 3 is 2.70 bits per heavy atom. The molecule has 1 fully saturated rings. The molecule has 1 aliphatic heterocycles. The number of rotatable bonds is 3. The molecule has 3 aromatic rings. The van der Waals surface area contributed by atoms with Gasteiger partial charge in [0.15, 0.2) is 0 Å². The molecular formula is C16H15N5O2. The summed E-state index contributed by atoms with van der Waals surface area (Å²) >= 11 is 0. The van der Waals surface area contributed by atoms with E-state index in [-0.39, 0.29) is 0 Å². The van der Waals surface area contributed by atoms with Crippen LogP contribution >= 0.6 is 0 Å². The predicted molar refractivity (Wildman–Crippen MR) is 83.8 cm³/mol. The summed E-state index contributed by atoms with van der Waals surface area (Å²) in [5, 5.41) is 0. The van der Waals surface area contributed by atoms with Crippen LogP contribution in [-0.4, -0.2) is 46.2 Å². The summed E-state index contributed by atoms with van der Waals surface area (Å²) in [4.78, 5) is 19.9. The molecular weight excluding hydrogens is 294 g/mol. The van der Waals surface area contributed by atoms with Crippen LogP contribution in [-0.2, 0) is 4.74 Å². The lowest BCUT2D eigenvalue weighted by Crippen LogP contribution is -2.37. The van der Waals surface area contributed by atoms with Gasteiger partial charge in [0.05, 0.1) is 43.3 Å². The van der Waals surface area contributed by atoms with Gasteiger partial charge < -0.3 is 14.1 Å². The largest absolute Gasteiger partial charge is 0.472 e. The highest BCUT2D eigenvalue weighted by molar-refractivity contribution is 5.78. The van der Waals surface area contributed by atoms with Gasteiger partial charge in [-0.2, -0.15) is 0 Å². The molecule has 7 nitrogen and oxygen atoms in total. The van der Waals surface area contributed by atoms with E-state index in [1.165, 1.54) is 0 Å². The van der Waals surface area contributed by atoms with Gasteiger partial charge in [0.25, 0.3) is 0 Å². The predicted octanol–water partition coefficient (Wildman–Crippen LogP) is 2.03. The number of morpholine rings is 1. The molecule has 0 amide bonds. The van der Waals surface area contributed by atoms with Gasteiger partial charge >= 0.3 is 0 Å². The fourth-order valence-corrected chi connectivity index (χ4v) is 2.53. The maximum absolute atomic E-state index is 5.39. The lowest BCUT2D eigenvalue weighted by Gasteiger charge is -2.27. The third-order valence-corrected chi connectivity index (χ3v) is 3.70. The quantitative estimate of drug-likeness (QED) is 0.732. The number of nitrogens with zero attached hydrogens (tertiary/aromatic N) is 5. The molecule has 4 rings (SSSR count). The number of anilines is 1. The van der Waals surface area contributed by atoms with E-state index in [1.807, 2.05) is 6.07 Å². The molecule has 4 heterocycles. The first-order valence-electron chi connectivity index (χ1n) is 7.40. The molecule has 0 aromatic carbocycles. The maximum atomic E-state index is 5.39.